The van der Waals surface area contributed by atoms with Crippen molar-refractivity contribution in [1.82, 2.24) is 19.5 Å². The molecule has 4 rings (SSSR count). The summed E-state index contributed by atoms with van der Waals surface area (Å²) in [5.74, 6) is 1.77. The average molecular weight is 365 g/mol. The Morgan fingerprint density at radius 2 is 2.11 bits per heavy atom. The Balaban J connectivity index is 1.91. The summed E-state index contributed by atoms with van der Waals surface area (Å²) in [7, 11) is 3.35. The molecule has 7 heteroatoms. The van der Waals surface area contributed by atoms with Crippen LogP contribution in [-0.4, -0.2) is 33.7 Å². The van der Waals surface area contributed by atoms with Gasteiger partial charge in [-0.2, -0.15) is 4.98 Å². The lowest BCUT2D eigenvalue weighted by atomic mass is 10.1. The third kappa shape index (κ3) is 3.37. The van der Waals surface area contributed by atoms with E-state index < -0.39 is 0 Å². The maximum Gasteiger partial charge on any atom is 0.260 e. The van der Waals surface area contributed by atoms with Crippen LogP contribution in [0.4, 0.5) is 5.95 Å². The summed E-state index contributed by atoms with van der Waals surface area (Å²) in [5, 5.41) is 3.87. The van der Waals surface area contributed by atoms with Gasteiger partial charge < -0.3 is 10.1 Å². The molecule has 0 bridgehead atoms. The van der Waals surface area contributed by atoms with Crippen LogP contribution in [-0.2, 0) is 6.54 Å². The Bertz CT molecular complexity index is 1040. The number of anilines is 1. The normalized spacial score (nSPS) is 13.7. The number of fused-ring (bicyclic) bond motifs is 1. The molecular formula is C20H23N5O2. The number of pyridine rings is 2. The van der Waals surface area contributed by atoms with Crippen LogP contribution in [0.1, 0.15) is 25.0 Å². The minimum Gasteiger partial charge on any atom is -0.481 e. The van der Waals surface area contributed by atoms with Crippen LogP contribution in [0, 0.1) is 12.8 Å². The molecule has 0 aliphatic heterocycles. The molecular weight excluding hydrogens is 342 g/mol. The van der Waals surface area contributed by atoms with E-state index in [2.05, 4.69) is 20.3 Å². The maximum atomic E-state index is 13.3. The van der Waals surface area contributed by atoms with Crippen molar-refractivity contribution in [3.63, 3.8) is 0 Å². The van der Waals surface area contributed by atoms with E-state index in [1.807, 2.05) is 19.1 Å². The summed E-state index contributed by atoms with van der Waals surface area (Å²) in [6.45, 7) is 2.60. The Hall–Kier alpha value is -2.96. The fourth-order valence-electron chi connectivity index (χ4n) is 3.29. The first-order chi connectivity index (χ1) is 13.1. The van der Waals surface area contributed by atoms with Crippen molar-refractivity contribution in [2.75, 3.05) is 19.5 Å². The number of rotatable bonds is 6. The van der Waals surface area contributed by atoms with E-state index in [1.165, 1.54) is 12.8 Å². The summed E-state index contributed by atoms with van der Waals surface area (Å²) in [6.07, 6.45) is 5.18. The molecule has 0 aromatic carbocycles. The molecule has 140 valence electrons. The van der Waals surface area contributed by atoms with Crippen molar-refractivity contribution < 1.29 is 4.74 Å². The molecule has 0 unspecified atom stereocenters. The molecule has 3 aromatic rings. The Labute approximate surface area is 157 Å². The van der Waals surface area contributed by atoms with Gasteiger partial charge in [0.05, 0.1) is 12.8 Å². The molecule has 3 heterocycles. The van der Waals surface area contributed by atoms with Crippen LogP contribution in [0.2, 0.25) is 0 Å². The predicted molar refractivity (Wildman–Crippen MR) is 105 cm³/mol. The molecule has 1 N–H and O–H groups in total. The van der Waals surface area contributed by atoms with E-state index in [0.29, 0.717) is 29.6 Å². The maximum absolute atomic E-state index is 13.3. The number of aromatic nitrogens is 4. The van der Waals surface area contributed by atoms with Gasteiger partial charge in [0.2, 0.25) is 11.8 Å². The fraction of sp³-hybridized carbons (Fsp3) is 0.400. The molecule has 0 radical (unpaired) electrons. The third-order valence-electron chi connectivity index (χ3n) is 5.07. The van der Waals surface area contributed by atoms with Crippen LogP contribution in [0.15, 0.2) is 29.2 Å². The van der Waals surface area contributed by atoms with Crippen LogP contribution >= 0.6 is 0 Å². The fourth-order valence-corrected chi connectivity index (χ4v) is 3.29. The van der Waals surface area contributed by atoms with E-state index in [4.69, 9.17) is 4.74 Å². The first kappa shape index (κ1) is 17.5. The van der Waals surface area contributed by atoms with Crippen molar-refractivity contribution in [3.05, 3.63) is 40.4 Å². The Morgan fingerprint density at radius 1 is 1.30 bits per heavy atom. The van der Waals surface area contributed by atoms with Gasteiger partial charge in [0, 0.05) is 42.4 Å². The topological polar surface area (TPSA) is 81.9 Å². The van der Waals surface area contributed by atoms with Crippen molar-refractivity contribution in [3.8, 4) is 17.0 Å². The van der Waals surface area contributed by atoms with Gasteiger partial charge in [0.1, 0.15) is 5.65 Å². The summed E-state index contributed by atoms with van der Waals surface area (Å²) < 4.78 is 6.92. The summed E-state index contributed by atoms with van der Waals surface area (Å²) >= 11 is 0. The van der Waals surface area contributed by atoms with Crippen LogP contribution < -0.4 is 15.6 Å². The Morgan fingerprint density at radius 3 is 2.74 bits per heavy atom. The molecule has 0 atom stereocenters. The third-order valence-corrected chi connectivity index (χ3v) is 5.07. The van der Waals surface area contributed by atoms with Crippen LogP contribution in [0.5, 0.6) is 5.88 Å². The number of hydrogen-bond donors (Lipinski definition) is 1. The molecule has 0 spiro atoms. The quantitative estimate of drug-likeness (QED) is 0.723. The zero-order valence-corrected chi connectivity index (χ0v) is 15.8. The lowest BCUT2D eigenvalue weighted by molar-refractivity contribution is 0.398. The summed E-state index contributed by atoms with van der Waals surface area (Å²) in [6, 6.07) is 5.50. The van der Waals surface area contributed by atoms with Gasteiger partial charge in [0.25, 0.3) is 5.56 Å². The SMILES string of the molecule is CNc1nc(C)c2cc(-c3ccc(OC)nc3)c(=O)n(CCC3CC3)c2n1. The van der Waals surface area contributed by atoms with Gasteiger partial charge in [-0.1, -0.05) is 12.8 Å². The highest BCUT2D eigenvalue weighted by Gasteiger charge is 2.22. The van der Waals surface area contributed by atoms with Gasteiger partial charge in [0.15, 0.2) is 0 Å². The van der Waals surface area contributed by atoms with E-state index in [1.54, 1.807) is 31.0 Å². The van der Waals surface area contributed by atoms with Gasteiger partial charge in [-0.3, -0.25) is 9.36 Å². The first-order valence-corrected chi connectivity index (χ1v) is 9.21. The second kappa shape index (κ2) is 6.98. The minimum absolute atomic E-state index is 0.0460. The number of hydrogen-bond acceptors (Lipinski definition) is 6. The Kier molecular flexibility index (Phi) is 4.51. The van der Waals surface area contributed by atoms with Gasteiger partial charge in [-0.05, 0) is 31.4 Å². The number of methoxy groups -OCH3 is 1. The van der Waals surface area contributed by atoms with E-state index in [0.717, 1.165) is 29.0 Å². The molecule has 1 saturated carbocycles. The van der Waals surface area contributed by atoms with Crippen molar-refractivity contribution in [2.24, 2.45) is 5.92 Å². The zero-order chi connectivity index (χ0) is 19.0. The van der Waals surface area contributed by atoms with Gasteiger partial charge in [-0.25, -0.2) is 9.97 Å². The summed E-state index contributed by atoms with van der Waals surface area (Å²) in [5.41, 5.74) is 2.85. The lowest BCUT2D eigenvalue weighted by Crippen LogP contribution is -2.24. The minimum atomic E-state index is -0.0460. The molecule has 0 saturated heterocycles. The van der Waals surface area contributed by atoms with E-state index in [9.17, 15) is 4.79 Å². The van der Waals surface area contributed by atoms with E-state index >= 15 is 0 Å². The molecule has 3 aromatic heterocycles. The largest absolute Gasteiger partial charge is 0.481 e. The number of nitrogens with zero attached hydrogens (tertiary/aromatic N) is 4. The van der Waals surface area contributed by atoms with Crippen molar-refractivity contribution >= 4 is 17.0 Å². The van der Waals surface area contributed by atoms with E-state index in [-0.39, 0.29) is 5.56 Å². The highest BCUT2D eigenvalue weighted by atomic mass is 16.5. The number of nitrogens with one attached hydrogen (secondary N) is 1. The number of aryl methyl sites for hydroxylation is 2. The number of ether oxygens (including phenoxy) is 1. The molecule has 0 amide bonds. The van der Waals surface area contributed by atoms with Crippen molar-refractivity contribution in [2.45, 2.75) is 32.7 Å². The standard InChI is InChI=1S/C20H23N5O2/c1-12-15-10-16(14-6-7-17(27-3)22-11-14)19(26)25(9-8-13-4-5-13)18(15)24-20(21-2)23-12/h6-7,10-11,13H,4-5,8-9H2,1-3H3,(H,21,23,24). The lowest BCUT2D eigenvalue weighted by Gasteiger charge is -2.14. The zero-order valence-electron chi connectivity index (χ0n) is 15.8. The second-order valence-electron chi connectivity index (χ2n) is 6.96. The summed E-state index contributed by atoms with van der Waals surface area (Å²) in [4.78, 5) is 26.6. The molecule has 1 aliphatic carbocycles. The smallest absolute Gasteiger partial charge is 0.260 e. The van der Waals surface area contributed by atoms with Gasteiger partial charge >= 0.3 is 0 Å². The highest BCUT2D eigenvalue weighted by Crippen LogP contribution is 2.33. The molecule has 7 nitrogen and oxygen atoms in total. The first-order valence-electron chi connectivity index (χ1n) is 9.21. The van der Waals surface area contributed by atoms with Crippen molar-refractivity contribution in [1.29, 1.82) is 0 Å². The molecule has 27 heavy (non-hydrogen) atoms. The highest BCUT2D eigenvalue weighted by molar-refractivity contribution is 5.84. The molecule has 1 fully saturated rings. The van der Waals surface area contributed by atoms with Crippen LogP contribution in [0.3, 0.4) is 0 Å². The molecule has 1 aliphatic rings. The predicted octanol–water partition coefficient (Wildman–Crippen LogP) is 3.01. The second-order valence-corrected chi connectivity index (χ2v) is 6.96. The average Bonchev–Trinajstić information content (AvgIpc) is 3.51. The van der Waals surface area contributed by atoms with Crippen LogP contribution in [0.25, 0.3) is 22.2 Å². The monoisotopic (exact) mass is 365 g/mol. The van der Waals surface area contributed by atoms with Gasteiger partial charge in [-0.15, -0.1) is 0 Å².